The maximum absolute atomic E-state index is 5.89. The third-order valence-corrected chi connectivity index (χ3v) is 4.83. The number of rotatable bonds is 6. The van der Waals surface area contributed by atoms with E-state index in [-0.39, 0.29) is 0 Å². The van der Waals surface area contributed by atoms with Crippen LogP contribution in [0.3, 0.4) is 0 Å². The molecule has 0 aliphatic heterocycles. The van der Waals surface area contributed by atoms with Gasteiger partial charge in [-0.3, -0.25) is 0 Å². The summed E-state index contributed by atoms with van der Waals surface area (Å²) in [4.78, 5) is 5.35. The summed E-state index contributed by atoms with van der Waals surface area (Å²) in [5, 5.41) is 0.795. The Bertz CT molecular complexity index is 491. The first-order chi connectivity index (χ1) is 9.05. The smallest absolute Gasteiger partial charge is 0.0945 e. The summed E-state index contributed by atoms with van der Waals surface area (Å²) < 4.78 is 2.13. The summed E-state index contributed by atoms with van der Waals surface area (Å²) in [5.74, 6) is 1.10. The molecule has 0 spiro atoms. The minimum Gasteiger partial charge on any atom is -0.337 e. The summed E-state index contributed by atoms with van der Waals surface area (Å²) in [6, 6.07) is 8.06. The first kappa shape index (κ1) is 14.5. The zero-order valence-corrected chi connectivity index (χ0v) is 12.9. The van der Waals surface area contributed by atoms with Crippen LogP contribution in [0.5, 0.6) is 0 Å². The van der Waals surface area contributed by atoms with Crippen LogP contribution in [0.1, 0.15) is 20.3 Å². The fraction of sp³-hybridized carbons (Fsp3) is 0.400. The van der Waals surface area contributed by atoms with Gasteiger partial charge in [-0.1, -0.05) is 25.4 Å². The van der Waals surface area contributed by atoms with Crippen molar-refractivity contribution in [1.29, 1.82) is 0 Å². The van der Waals surface area contributed by atoms with Gasteiger partial charge in [-0.05, 0) is 36.1 Å². The predicted octanol–water partition coefficient (Wildman–Crippen LogP) is 4.75. The van der Waals surface area contributed by atoms with Gasteiger partial charge < -0.3 is 4.57 Å². The van der Waals surface area contributed by atoms with Crippen LogP contribution in [0.15, 0.2) is 47.9 Å². The lowest BCUT2D eigenvalue weighted by atomic mass is 9.92. The molecule has 0 atom stereocenters. The van der Waals surface area contributed by atoms with Gasteiger partial charge in [0.25, 0.3) is 0 Å². The molecule has 0 radical (unpaired) electrons. The van der Waals surface area contributed by atoms with E-state index in [0.717, 1.165) is 23.7 Å². The number of hydrogen-bond donors (Lipinski definition) is 0. The molecule has 0 aliphatic rings. The van der Waals surface area contributed by atoms with Gasteiger partial charge in [0, 0.05) is 34.6 Å². The van der Waals surface area contributed by atoms with Crippen LogP contribution in [0.2, 0.25) is 5.02 Å². The zero-order valence-electron chi connectivity index (χ0n) is 11.3. The van der Waals surface area contributed by atoms with Gasteiger partial charge in [-0.25, -0.2) is 4.98 Å². The largest absolute Gasteiger partial charge is 0.337 e. The quantitative estimate of drug-likeness (QED) is 0.716. The standard InChI is InChI=1S/C15H19ClN2S/c1-15(2,7-9-18-10-8-17-12-18)11-19-14-5-3-13(16)4-6-14/h3-6,8,10,12H,7,9,11H2,1-2H3. The van der Waals surface area contributed by atoms with Crippen molar-refractivity contribution in [2.24, 2.45) is 5.41 Å². The maximum Gasteiger partial charge on any atom is 0.0945 e. The minimum absolute atomic E-state index is 0.300. The lowest BCUT2D eigenvalue weighted by Crippen LogP contribution is -2.17. The Hall–Kier alpha value is -0.930. The second-order valence-corrected chi connectivity index (χ2v) is 6.94. The zero-order chi connectivity index (χ0) is 13.7. The molecule has 2 aromatic rings. The number of nitrogens with zero attached hydrogens (tertiary/aromatic N) is 2. The van der Waals surface area contributed by atoms with E-state index in [1.54, 1.807) is 0 Å². The second kappa shape index (κ2) is 6.49. The molecule has 0 N–H and O–H groups in total. The maximum atomic E-state index is 5.89. The van der Waals surface area contributed by atoms with Crippen LogP contribution in [0.4, 0.5) is 0 Å². The van der Waals surface area contributed by atoms with E-state index in [0.29, 0.717) is 5.41 Å². The van der Waals surface area contributed by atoms with Crippen LogP contribution in [0.25, 0.3) is 0 Å². The van der Waals surface area contributed by atoms with E-state index in [1.807, 2.05) is 42.6 Å². The van der Waals surface area contributed by atoms with Crippen LogP contribution >= 0.6 is 23.4 Å². The van der Waals surface area contributed by atoms with E-state index in [2.05, 4.69) is 35.5 Å². The van der Waals surface area contributed by atoms with Crippen LogP contribution in [-0.4, -0.2) is 15.3 Å². The highest BCUT2D eigenvalue weighted by molar-refractivity contribution is 7.99. The Labute approximate surface area is 124 Å². The third-order valence-electron chi connectivity index (χ3n) is 3.05. The molecule has 0 unspecified atom stereocenters. The topological polar surface area (TPSA) is 17.8 Å². The highest BCUT2D eigenvalue weighted by Gasteiger charge is 2.18. The van der Waals surface area contributed by atoms with E-state index >= 15 is 0 Å². The molecule has 0 aliphatic carbocycles. The van der Waals surface area contributed by atoms with Crippen molar-refractivity contribution in [3.63, 3.8) is 0 Å². The minimum atomic E-state index is 0.300. The van der Waals surface area contributed by atoms with Gasteiger partial charge in [0.05, 0.1) is 6.33 Å². The molecule has 0 amide bonds. The Morgan fingerprint density at radius 1 is 1.26 bits per heavy atom. The molecule has 0 bridgehead atoms. The Morgan fingerprint density at radius 2 is 2.00 bits per heavy atom. The van der Waals surface area contributed by atoms with Crippen molar-refractivity contribution < 1.29 is 0 Å². The van der Waals surface area contributed by atoms with Gasteiger partial charge in [0.1, 0.15) is 0 Å². The monoisotopic (exact) mass is 294 g/mol. The molecule has 0 fully saturated rings. The molecular weight excluding hydrogens is 276 g/mol. The first-order valence-electron chi connectivity index (χ1n) is 6.39. The van der Waals surface area contributed by atoms with Gasteiger partial charge in [-0.15, -0.1) is 11.8 Å². The van der Waals surface area contributed by atoms with Crippen LogP contribution in [-0.2, 0) is 6.54 Å². The first-order valence-corrected chi connectivity index (χ1v) is 7.76. The molecule has 1 heterocycles. The van der Waals surface area contributed by atoms with Gasteiger partial charge in [-0.2, -0.15) is 0 Å². The lowest BCUT2D eigenvalue weighted by molar-refractivity contribution is 0.358. The number of halogens is 1. The number of hydrogen-bond acceptors (Lipinski definition) is 2. The molecule has 4 heteroatoms. The summed E-state index contributed by atoms with van der Waals surface area (Å²) in [7, 11) is 0. The third kappa shape index (κ3) is 4.92. The number of aryl methyl sites for hydroxylation is 1. The van der Waals surface area contributed by atoms with Crippen molar-refractivity contribution in [1.82, 2.24) is 9.55 Å². The van der Waals surface area contributed by atoms with Crippen molar-refractivity contribution in [3.05, 3.63) is 48.0 Å². The Kier molecular flexibility index (Phi) is 4.94. The fourth-order valence-electron chi connectivity index (χ4n) is 1.73. The normalized spacial score (nSPS) is 11.7. The molecular formula is C15H19ClN2S. The van der Waals surface area contributed by atoms with Gasteiger partial charge >= 0.3 is 0 Å². The Morgan fingerprint density at radius 3 is 2.63 bits per heavy atom. The van der Waals surface area contributed by atoms with E-state index in [9.17, 15) is 0 Å². The number of aromatic nitrogens is 2. The summed E-state index contributed by atoms with van der Waals surface area (Å²) in [6.45, 7) is 5.65. The van der Waals surface area contributed by atoms with Crippen molar-refractivity contribution in [2.75, 3.05) is 5.75 Å². The second-order valence-electron chi connectivity index (χ2n) is 5.46. The molecule has 102 valence electrons. The molecule has 1 aromatic heterocycles. The fourth-order valence-corrected chi connectivity index (χ4v) is 2.89. The van der Waals surface area contributed by atoms with Crippen LogP contribution < -0.4 is 0 Å². The molecule has 1 aromatic carbocycles. The average molecular weight is 295 g/mol. The highest BCUT2D eigenvalue weighted by Crippen LogP contribution is 2.31. The van der Waals surface area contributed by atoms with Crippen molar-refractivity contribution >= 4 is 23.4 Å². The summed E-state index contributed by atoms with van der Waals surface area (Å²) in [5.41, 5.74) is 0.300. The number of imidazole rings is 1. The number of thioether (sulfide) groups is 1. The van der Waals surface area contributed by atoms with E-state index in [1.165, 1.54) is 4.90 Å². The lowest BCUT2D eigenvalue weighted by Gasteiger charge is -2.24. The molecule has 2 rings (SSSR count). The van der Waals surface area contributed by atoms with Gasteiger partial charge in [0.2, 0.25) is 0 Å². The summed E-state index contributed by atoms with van der Waals surface area (Å²) in [6.07, 6.45) is 6.87. The predicted molar refractivity (Wildman–Crippen MR) is 82.8 cm³/mol. The molecule has 19 heavy (non-hydrogen) atoms. The SMILES string of the molecule is CC(C)(CCn1ccnc1)CSc1ccc(Cl)cc1. The van der Waals surface area contributed by atoms with E-state index < -0.39 is 0 Å². The average Bonchev–Trinajstić information content (AvgIpc) is 2.89. The highest BCUT2D eigenvalue weighted by atomic mass is 35.5. The molecule has 2 nitrogen and oxygen atoms in total. The van der Waals surface area contributed by atoms with E-state index in [4.69, 9.17) is 11.6 Å². The summed E-state index contributed by atoms with van der Waals surface area (Å²) >= 11 is 7.78. The molecule has 0 saturated heterocycles. The van der Waals surface area contributed by atoms with Gasteiger partial charge in [0.15, 0.2) is 0 Å². The van der Waals surface area contributed by atoms with Crippen molar-refractivity contribution in [2.45, 2.75) is 31.7 Å². The number of benzene rings is 1. The molecule has 0 saturated carbocycles. The van der Waals surface area contributed by atoms with Crippen LogP contribution in [0, 0.1) is 5.41 Å². The Balaban J connectivity index is 1.81. The van der Waals surface area contributed by atoms with Crippen molar-refractivity contribution in [3.8, 4) is 0 Å².